The molecule has 1 unspecified atom stereocenters. The van der Waals surface area contributed by atoms with Crippen LogP contribution < -0.4 is 10.0 Å². The van der Waals surface area contributed by atoms with Crippen molar-refractivity contribution in [1.29, 1.82) is 0 Å². The molecule has 7 heteroatoms. The molecule has 0 aliphatic carbocycles. The number of nitrogens with one attached hydrogen (secondary N) is 2. The third-order valence-corrected chi connectivity index (χ3v) is 5.95. The monoisotopic (exact) mass is 348 g/mol. The second-order valence-electron chi connectivity index (χ2n) is 5.31. The minimum atomic E-state index is -3.63. The van der Waals surface area contributed by atoms with E-state index in [2.05, 4.69) is 10.0 Å². The fourth-order valence-electron chi connectivity index (χ4n) is 2.33. The lowest BCUT2D eigenvalue weighted by Crippen LogP contribution is -2.19. The van der Waals surface area contributed by atoms with Crippen molar-refractivity contribution in [1.82, 2.24) is 5.32 Å². The molecule has 1 atom stereocenters. The normalized spacial score (nSPS) is 17.8. The van der Waals surface area contributed by atoms with Crippen LogP contribution in [0, 0.1) is 6.92 Å². The topological polar surface area (TPSA) is 75.3 Å². The van der Waals surface area contributed by atoms with Gasteiger partial charge in [-0.3, -0.25) is 9.52 Å². The number of aryl methyl sites for hydroxylation is 1. The number of thioether (sulfide) groups is 1. The van der Waals surface area contributed by atoms with Gasteiger partial charge in [0.1, 0.15) is 5.37 Å². The lowest BCUT2D eigenvalue weighted by atomic mass is 10.2. The van der Waals surface area contributed by atoms with E-state index >= 15 is 0 Å². The highest BCUT2D eigenvalue weighted by molar-refractivity contribution is 8.00. The van der Waals surface area contributed by atoms with Gasteiger partial charge >= 0.3 is 0 Å². The third-order valence-electron chi connectivity index (χ3n) is 3.41. The quantitative estimate of drug-likeness (QED) is 0.891. The maximum atomic E-state index is 12.5. The molecule has 2 N–H and O–H groups in total. The summed E-state index contributed by atoms with van der Waals surface area (Å²) in [5.74, 6) is 0.412. The smallest absolute Gasteiger partial charge is 0.261 e. The number of sulfonamides is 1. The average molecular weight is 348 g/mol. The summed E-state index contributed by atoms with van der Waals surface area (Å²) in [5.41, 5.74) is 2.22. The lowest BCUT2D eigenvalue weighted by molar-refractivity contribution is -0.118. The zero-order valence-electron chi connectivity index (χ0n) is 12.4. The maximum Gasteiger partial charge on any atom is 0.261 e. The van der Waals surface area contributed by atoms with E-state index in [1.807, 2.05) is 19.1 Å². The maximum absolute atomic E-state index is 12.5. The van der Waals surface area contributed by atoms with E-state index < -0.39 is 10.0 Å². The Morgan fingerprint density at radius 3 is 2.65 bits per heavy atom. The summed E-state index contributed by atoms with van der Waals surface area (Å²) < 4.78 is 27.5. The summed E-state index contributed by atoms with van der Waals surface area (Å²) in [7, 11) is -3.63. The Balaban J connectivity index is 1.84. The Bertz CT molecular complexity index is 850. The van der Waals surface area contributed by atoms with E-state index in [1.165, 1.54) is 11.8 Å². The van der Waals surface area contributed by atoms with Crippen LogP contribution in [0.1, 0.15) is 16.5 Å². The second-order valence-corrected chi connectivity index (χ2v) is 8.08. The molecule has 1 amide bonds. The Morgan fingerprint density at radius 2 is 1.96 bits per heavy atom. The Labute approximate surface area is 139 Å². The van der Waals surface area contributed by atoms with Gasteiger partial charge in [-0.05, 0) is 42.3 Å². The predicted molar refractivity (Wildman–Crippen MR) is 91.8 cm³/mol. The van der Waals surface area contributed by atoms with Gasteiger partial charge in [-0.1, -0.05) is 24.3 Å². The van der Waals surface area contributed by atoms with Crippen molar-refractivity contribution in [2.75, 3.05) is 10.5 Å². The average Bonchev–Trinajstić information content (AvgIpc) is 2.94. The zero-order valence-corrected chi connectivity index (χ0v) is 14.1. The molecule has 1 heterocycles. The van der Waals surface area contributed by atoms with Crippen LogP contribution in [0.5, 0.6) is 0 Å². The number of amides is 1. The van der Waals surface area contributed by atoms with Crippen LogP contribution in [0.15, 0.2) is 53.4 Å². The zero-order chi connectivity index (χ0) is 16.4. The van der Waals surface area contributed by atoms with Gasteiger partial charge in [0.15, 0.2) is 0 Å². The van der Waals surface area contributed by atoms with Crippen LogP contribution in [0.2, 0.25) is 0 Å². The van der Waals surface area contributed by atoms with Crippen molar-refractivity contribution in [2.45, 2.75) is 17.2 Å². The Kier molecular flexibility index (Phi) is 4.32. The summed E-state index contributed by atoms with van der Waals surface area (Å²) >= 11 is 1.49. The highest BCUT2D eigenvalue weighted by atomic mass is 32.2. The summed E-state index contributed by atoms with van der Waals surface area (Å²) in [6, 6.07) is 13.8. The van der Waals surface area contributed by atoms with Gasteiger partial charge in [-0.15, -0.1) is 11.8 Å². The van der Waals surface area contributed by atoms with E-state index in [0.717, 1.165) is 11.1 Å². The van der Waals surface area contributed by atoms with Crippen LogP contribution in [0.4, 0.5) is 5.69 Å². The SMILES string of the molecule is Cc1cccc(S(=O)(=O)Nc2cccc(C3NC(=O)CS3)c2)c1. The Hall–Kier alpha value is -1.99. The van der Waals surface area contributed by atoms with E-state index in [1.54, 1.807) is 36.4 Å². The first-order valence-electron chi connectivity index (χ1n) is 7.04. The molecule has 1 aliphatic rings. The minimum absolute atomic E-state index is 0.00857. The molecule has 1 fully saturated rings. The molecule has 0 radical (unpaired) electrons. The van der Waals surface area contributed by atoms with Crippen molar-refractivity contribution < 1.29 is 13.2 Å². The summed E-state index contributed by atoms with van der Waals surface area (Å²) in [6.07, 6.45) is 0. The van der Waals surface area contributed by atoms with Crippen LogP contribution in [0.3, 0.4) is 0 Å². The summed E-state index contributed by atoms with van der Waals surface area (Å²) in [6.45, 7) is 1.85. The minimum Gasteiger partial charge on any atom is -0.339 e. The van der Waals surface area contributed by atoms with Crippen LogP contribution in [-0.2, 0) is 14.8 Å². The first kappa shape index (κ1) is 15.9. The van der Waals surface area contributed by atoms with E-state index in [4.69, 9.17) is 0 Å². The molecule has 3 rings (SSSR count). The molecule has 120 valence electrons. The first-order valence-corrected chi connectivity index (χ1v) is 9.58. The summed E-state index contributed by atoms with van der Waals surface area (Å²) in [5, 5.41) is 2.71. The van der Waals surface area contributed by atoms with Gasteiger partial charge in [0, 0.05) is 5.69 Å². The lowest BCUT2D eigenvalue weighted by Gasteiger charge is -2.13. The predicted octanol–water partition coefficient (Wildman–Crippen LogP) is 2.66. The molecule has 0 aromatic heterocycles. The van der Waals surface area contributed by atoms with Crippen LogP contribution in [0.25, 0.3) is 0 Å². The molecule has 0 bridgehead atoms. The fourth-order valence-corrected chi connectivity index (χ4v) is 4.44. The van der Waals surface area contributed by atoms with Crippen LogP contribution in [-0.4, -0.2) is 20.1 Å². The molecular formula is C16H16N2O3S2. The molecular weight excluding hydrogens is 332 g/mol. The standard InChI is InChI=1S/C16H16N2O3S2/c1-11-4-2-7-14(8-11)23(20,21)18-13-6-3-5-12(9-13)16-17-15(19)10-22-16/h2-9,16,18H,10H2,1H3,(H,17,19). The molecule has 2 aromatic carbocycles. The number of carbonyl (C=O) groups excluding carboxylic acids is 1. The molecule has 23 heavy (non-hydrogen) atoms. The molecule has 1 saturated heterocycles. The molecule has 0 spiro atoms. The van der Waals surface area contributed by atoms with E-state index in [-0.39, 0.29) is 16.2 Å². The van der Waals surface area contributed by atoms with Gasteiger partial charge in [0.2, 0.25) is 5.91 Å². The van der Waals surface area contributed by atoms with E-state index in [9.17, 15) is 13.2 Å². The number of benzene rings is 2. The number of rotatable bonds is 4. The molecule has 5 nitrogen and oxygen atoms in total. The van der Waals surface area contributed by atoms with Crippen molar-refractivity contribution >= 4 is 33.4 Å². The molecule has 1 aliphatic heterocycles. The van der Waals surface area contributed by atoms with Crippen molar-refractivity contribution in [3.63, 3.8) is 0 Å². The van der Waals surface area contributed by atoms with Crippen molar-refractivity contribution in [3.8, 4) is 0 Å². The van der Waals surface area contributed by atoms with Gasteiger partial charge in [0.25, 0.3) is 10.0 Å². The largest absolute Gasteiger partial charge is 0.339 e. The summed E-state index contributed by atoms with van der Waals surface area (Å²) in [4.78, 5) is 11.5. The number of hydrogen-bond acceptors (Lipinski definition) is 4. The fraction of sp³-hybridized carbons (Fsp3) is 0.188. The van der Waals surface area contributed by atoms with Gasteiger partial charge in [-0.25, -0.2) is 8.42 Å². The second kappa shape index (κ2) is 6.25. The molecule has 0 saturated carbocycles. The number of anilines is 1. The third kappa shape index (κ3) is 3.68. The van der Waals surface area contributed by atoms with Crippen LogP contribution >= 0.6 is 11.8 Å². The van der Waals surface area contributed by atoms with Crippen molar-refractivity contribution in [2.24, 2.45) is 0 Å². The Morgan fingerprint density at radius 1 is 1.17 bits per heavy atom. The van der Waals surface area contributed by atoms with Crippen molar-refractivity contribution in [3.05, 3.63) is 59.7 Å². The first-order chi connectivity index (χ1) is 10.9. The highest BCUT2D eigenvalue weighted by Crippen LogP contribution is 2.32. The molecule has 2 aromatic rings. The number of carbonyl (C=O) groups is 1. The van der Waals surface area contributed by atoms with Gasteiger partial charge < -0.3 is 5.32 Å². The number of hydrogen-bond donors (Lipinski definition) is 2. The van der Waals surface area contributed by atoms with Gasteiger partial charge in [-0.2, -0.15) is 0 Å². The van der Waals surface area contributed by atoms with Gasteiger partial charge in [0.05, 0.1) is 10.6 Å². The van der Waals surface area contributed by atoms with E-state index in [0.29, 0.717) is 11.4 Å². The highest BCUT2D eigenvalue weighted by Gasteiger charge is 2.23.